The SMILES string of the molecule is CCCCn1c(C(C)C)nc(SSc2nc(C(C)C)n(CCCC)c2-c2ccc(C)cc2)c1-c1ccc(C)cc1. The van der Waals surface area contributed by atoms with Crippen molar-refractivity contribution >= 4 is 21.6 Å². The molecule has 4 nitrogen and oxygen atoms in total. The molecule has 0 unspecified atom stereocenters. The van der Waals surface area contributed by atoms with Gasteiger partial charge in [-0.05, 0) is 48.3 Å². The number of aryl methyl sites for hydroxylation is 2. The summed E-state index contributed by atoms with van der Waals surface area (Å²) in [6, 6.07) is 17.9. The van der Waals surface area contributed by atoms with Gasteiger partial charge in [-0.1, -0.05) is 114 Å². The van der Waals surface area contributed by atoms with Gasteiger partial charge in [-0.3, -0.25) is 0 Å². The lowest BCUT2D eigenvalue weighted by Gasteiger charge is -2.15. The highest BCUT2D eigenvalue weighted by Gasteiger charge is 2.25. The average molecular weight is 575 g/mol. The van der Waals surface area contributed by atoms with Crippen LogP contribution in [0.3, 0.4) is 0 Å². The summed E-state index contributed by atoms with van der Waals surface area (Å²) in [7, 11) is 3.53. The van der Waals surface area contributed by atoms with E-state index in [2.05, 4.69) is 113 Å². The summed E-state index contributed by atoms with van der Waals surface area (Å²) in [4.78, 5) is 10.5. The molecule has 0 spiro atoms. The standard InChI is InChI=1S/C34H46N4S2/c1-9-11-21-37-29(27-17-13-25(7)14-18-27)33(35-31(37)23(3)4)39-40-34-30(28-19-15-26(8)16-20-28)38(22-12-10-2)32(36-34)24(5)6/h13-20,23-24H,9-12,21-22H2,1-8H3. The third-order valence-electron chi connectivity index (χ3n) is 7.28. The van der Waals surface area contributed by atoms with E-state index >= 15 is 0 Å². The number of benzene rings is 2. The van der Waals surface area contributed by atoms with E-state index in [0.717, 1.165) is 48.8 Å². The van der Waals surface area contributed by atoms with Crippen LogP contribution < -0.4 is 0 Å². The number of hydrogen-bond acceptors (Lipinski definition) is 4. The molecule has 0 atom stereocenters. The predicted molar refractivity (Wildman–Crippen MR) is 175 cm³/mol. The molecule has 0 saturated heterocycles. The Hall–Kier alpha value is -2.44. The van der Waals surface area contributed by atoms with Gasteiger partial charge >= 0.3 is 0 Å². The van der Waals surface area contributed by atoms with E-state index in [1.54, 1.807) is 21.6 Å². The lowest BCUT2D eigenvalue weighted by molar-refractivity contribution is 0.587. The van der Waals surface area contributed by atoms with Crippen molar-refractivity contribution in [3.05, 3.63) is 71.3 Å². The molecule has 4 rings (SSSR count). The number of unbranched alkanes of at least 4 members (excludes halogenated alkanes) is 2. The van der Waals surface area contributed by atoms with Gasteiger partial charge in [0.15, 0.2) is 0 Å². The van der Waals surface area contributed by atoms with E-state index < -0.39 is 0 Å². The van der Waals surface area contributed by atoms with Crippen molar-refractivity contribution in [2.45, 2.75) is 116 Å². The molecule has 0 aliphatic rings. The van der Waals surface area contributed by atoms with Gasteiger partial charge < -0.3 is 9.13 Å². The van der Waals surface area contributed by atoms with Crippen LogP contribution in [0.4, 0.5) is 0 Å². The first-order valence-electron chi connectivity index (χ1n) is 14.9. The first kappa shape index (κ1) is 30.5. The summed E-state index contributed by atoms with van der Waals surface area (Å²) in [5.41, 5.74) is 7.50. The maximum absolute atomic E-state index is 5.27. The minimum atomic E-state index is 0.351. The molecule has 40 heavy (non-hydrogen) atoms. The molecule has 0 bridgehead atoms. The molecule has 0 saturated carbocycles. The summed E-state index contributed by atoms with van der Waals surface area (Å²) in [6.45, 7) is 19.8. The minimum Gasteiger partial charge on any atom is -0.327 e. The molecule has 0 aliphatic carbocycles. The zero-order valence-corrected chi connectivity index (χ0v) is 27.3. The van der Waals surface area contributed by atoms with Crippen molar-refractivity contribution < 1.29 is 0 Å². The highest BCUT2D eigenvalue weighted by atomic mass is 33.1. The smallest absolute Gasteiger partial charge is 0.133 e. The number of imidazole rings is 2. The Balaban J connectivity index is 1.81. The van der Waals surface area contributed by atoms with Gasteiger partial charge in [0.1, 0.15) is 21.7 Å². The van der Waals surface area contributed by atoms with Crippen LogP contribution in [-0.4, -0.2) is 19.1 Å². The molecule has 0 aliphatic heterocycles. The number of rotatable bonds is 13. The first-order chi connectivity index (χ1) is 19.2. The molecular weight excluding hydrogens is 529 g/mol. The van der Waals surface area contributed by atoms with Gasteiger partial charge in [0.2, 0.25) is 0 Å². The van der Waals surface area contributed by atoms with E-state index in [0.29, 0.717) is 11.8 Å². The molecule has 0 radical (unpaired) electrons. The summed E-state index contributed by atoms with van der Waals surface area (Å²) in [5, 5.41) is 2.16. The Morgan fingerprint density at radius 3 is 1.25 bits per heavy atom. The Morgan fingerprint density at radius 1 is 0.600 bits per heavy atom. The predicted octanol–water partition coefficient (Wildman–Crippen LogP) is 10.7. The van der Waals surface area contributed by atoms with E-state index in [9.17, 15) is 0 Å². The van der Waals surface area contributed by atoms with Crippen LogP contribution in [-0.2, 0) is 13.1 Å². The minimum absolute atomic E-state index is 0.351. The zero-order chi connectivity index (χ0) is 28.8. The van der Waals surface area contributed by atoms with Crippen LogP contribution in [0.2, 0.25) is 0 Å². The second-order valence-corrected chi connectivity index (χ2v) is 13.6. The fraction of sp³-hybridized carbons (Fsp3) is 0.471. The molecule has 2 heterocycles. The molecule has 6 heteroatoms. The van der Waals surface area contributed by atoms with Gasteiger partial charge in [-0.15, -0.1) is 0 Å². The highest BCUT2D eigenvalue weighted by molar-refractivity contribution is 8.76. The molecule has 0 N–H and O–H groups in total. The molecular formula is C34H46N4S2. The summed E-state index contributed by atoms with van der Waals surface area (Å²) >= 11 is 0. The van der Waals surface area contributed by atoms with Crippen LogP contribution in [0.1, 0.15) is 102 Å². The lowest BCUT2D eigenvalue weighted by atomic mass is 10.1. The van der Waals surface area contributed by atoms with Crippen LogP contribution in [0.15, 0.2) is 58.6 Å². The van der Waals surface area contributed by atoms with E-state index in [1.165, 1.54) is 45.3 Å². The van der Waals surface area contributed by atoms with Gasteiger partial charge in [0.25, 0.3) is 0 Å². The van der Waals surface area contributed by atoms with Crippen molar-refractivity contribution in [2.24, 2.45) is 0 Å². The Morgan fingerprint density at radius 2 is 0.950 bits per heavy atom. The Bertz CT molecular complexity index is 1270. The number of nitrogens with zero attached hydrogens (tertiary/aromatic N) is 4. The summed E-state index contributed by atoms with van der Waals surface area (Å²) in [6.07, 6.45) is 4.60. The third kappa shape index (κ3) is 6.88. The monoisotopic (exact) mass is 574 g/mol. The molecule has 214 valence electrons. The maximum Gasteiger partial charge on any atom is 0.133 e. The van der Waals surface area contributed by atoms with Crippen LogP contribution >= 0.6 is 21.6 Å². The average Bonchev–Trinajstić information content (AvgIpc) is 3.49. The van der Waals surface area contributed by atoms with Gasteiger partial charge in [0, 0.05) is 36.1 Å². The lowest BCUT2D eigenvalue weighted by Crippen LogP contribution is -2.07. The number of hydrogen-bond donors (Lipinski definition) is 0. The molecule has 0 fully saturated rings. The van der Waals surface area contributed by atoms with E-state index in [4.69, 9.17) is 9.97 Å². The van der Waals surface area contributed by atoms with Crippen LogP contribution in [0.5, 0.6) is 0 Å². The van der Waals surface area contributed by atoms with Crippen molar-refractivity contribution in [3.8, 4) is 22.5 Å². The third-order valence-corrected chi connectivity index (χ3v) is 9.45. The zero-order valence-electron chi connectivity index (χ0n) is 25.6. The quantitative estimate of drug-likeness (QED) is 0.149. The Kier molecular flexibility index (Phi) is 10.6. The largest absolute Gasteiger partial charge is 0.327 e. The normalized spacial score (nSPS) is 11.8. The van der Waals surface area contributed by atoms with Crippen LogP contribution in [0, 0.1) is 13.8 Å². The number of aromatic nitrogens is 4. The highest BCUT2D eigenvalue weighted by Crippen LogP contribution is 2.46. The van der Waals surface area contributed by atoms with E-state index in [-0.39, 0.29) is 0 Å². The summed E-state index contributed by atoms with van der Waals surface area (Å²) < 4.78 is 4.95. The van der Waals surface area contributed by atoms with Gasteiger partial charge in [0.05, 0.1) is 11.4 Å². The fourth-order valence-corrected chi connectivity index (χ4v) is 7.24. The van der Waals surface area contributed by atoms with E-state index in [1.807, 2.05) is 0 Å². The van der Waals surface area contributed by atoms with Gasteiger partial charge in [-0.25, -0.2) is 9.97 Å². The summed E-state index contributed by atoms with van der Waals surface area (Å²) in [5.74, 6) is 3.04. The second-order valence-electron chi connectivity index (χ2n) is 11.5. The van der Waals surface area contributed by atoms with Crippen molar-refractivity contribution in [2.75, 3.05) is 0 Å². The van der Waals surface area contributed by atoms with Gasteiger partial charge in [-0.2, -0.15) is 0 Å². The van der Waals surface area contributed by atoms with Crippen molar-refractivity contribution in [1.29, 1.82) is 0 Å². The van der Waals surface area contributed by atoms with Crippen molar-refractivity contribution in [1.82, 2.24) is 19.1 Å². The molecule has 4 aromatic rings. The molecule has 2 aromatic carbocycles. The Labute approximate surface area is 249 Å². The molecule has 0 amide bonds. The maximum atomic E-state index is 5.27. The fourth-order valence-electron chi connectivity index (χ4n) is 5.04. The molecule has 2 aromatic heterocycles. The first-order valence-corrected chi connectivity index (χ1v) is 17.1. The van der Waals surface area contributed by atoms with Crippen LogP contribution in [0.25, 0.3) is 22.5 Å². The topological polar surface area (TPSA) is 35.6 Å². The second kappa shape index (κ2) is 14.0. The van der Waals surface area contributed by atoms with Crippen molar-refractivity contribution in [3.63, 3.8) is 0 Å².